The molecule has 0 unspecified atom stereocenters. The van der Waals surface area contributed by atoms with Crippen molar-refractivity contribution >= 4 is 11.9 Å². The van der Waals surface area contributed by atoms with E-state index >= 15 is 0 Å². The molecule has 0 aliphatic carbocycles. The third-order valence-corrected chi connectivity index (χ3v) is 9.18. The van der Waals surface area contributed by atoms with Gasteiger partial charge in [0.05, 0.1) is 18.3 Å². The smallest absolute Gasteiger partial charge is 0.305 e. The van der Waals surface area contributed by atoms with Crippen LogP contribution in [0.5, 0.6) is 0 Å². The van der Waals surface area contributed by atoms with Crippen molar-refractivity contribution in [2.75, 3.05) is 13.2 Å². The molecule has 0 heterocycles. The lowest BCUT2D eigenvalue weighted by Crippen LogP contribution is -2.26. The normalized spacial score (nSPS) is 14.5. The van der Waals surface area contributed by atoms with Gasteiger partial charge in [-0.15, -0.1) is 0 Å². The van der Waals surface area contributed by atoms with E-state index in [4.69, 9.17) is 9.47 Å². The van der Waals surface area contributed by atoms with Crippen LogP contribution in [0.15, 0.2) is 48.6 Å². The van der Waals surface area contributed by atoms with Crippen molar-refractivity contribution in [3.05, 3.63) is 48.6 Å². The van der Waals surface area contributed by atoms with E-state index in [1.54, 1.807) is 36.5 Å². The number of carbonyl (C=O) groups excluding carboxylic acids is 2. The largest absolute Gasteiger partial charge is 0.463 e. The predicted molar refractivity (Wildman–Crippen MR) is 214 cm³/mol. The Hall–Kier alpha value is -2.26. The number of aliphatic hydroxyl groups is 4. The molecular weight excluding hydrogens is 656 g/mol. The van der Waals surface area contributed by atoms with Crippen molar-refractivity contribution in [2.45, 2.75) is 205 Å². The molecule has 8 nitrogen and oxygen atoms in total. The minimum absolute atomic E-state index is 0.0326. The number of carbonyl (C=O) groups is 2. The number of ether oxygens (including phenoxy) is 2. The Balaban J connectivity index is 3.72. The molecule has 0 aromatic carbocycles. The van der Waals surface area contributed by atoms with Crippen LogP contribution in [0, 0.1) is 0 Å². The van der Waals surface area contributed by atoms with Crippen LogP contribution in [0.2, 0.25) is 0 Å². The average Bonchev–Trinajstić information content (AvgIpc) is 3.13. The molecule has 0 bridgehead atoms. The zero-order chi connectivity index (χ0) is 38.3. The van der Waals surface area contributed by atoms with Crippen LogP contribution in [0.25, 0.3) is 0 Å². The summed E-state index contributed by atoms with van der Waals surface area (Å²) < 4.78 is 10.2. The first-order chi connectivity index (χ1) is 25.3. The Labute approximate surface area is 317 Å². The lowest BCUT2D eigenvalue weighted by Gasteiger charge is -2.14. The first-order valence-electron chi connectivity index (χ1n) is 21.0. The van der Waals surface area contributed by atoms with Gasteiger partial charge in [0, 0.05) is 12.8 Å². The summed E-state index contributed by atoms with van der Waals surface area (Å²) in [6, 6.07) is 0. The van der Waals surface area contributed by atoms with Gasteiger partial charge in [0.1, 0.15) is 19.3 Å². The summed E-state index contributed by atoms with van der Waals surface area (Å²) in [7, 11) is 0. The van der Waals surface area contributed by atoms with Crippen molar-refractivity contribution in [1.82, 2.24) is 0 Å². The Morgan fingerprint density at radius 2 is 0.846 bits per heavy atom. The van der Waals surface area contributed by atoms with Gasteiger partial charge in [0.2, 0.25) is 0 Å². The molecule has 302 valence electrons. The van der Waals surface area contributed by atoms with Crippen molar-refractivity contribution in [3.8, 4) is 0 Å². The monoisotopic (exact) mass is 735 g/mol. The van der Waals surface area contributed by atoms with Gasteiger partial charge in [0.25, 0.3) is 0 Å². The molecule has 0 amide bonds. The lowest BCUT2D eigenvalue weighted by molar-refractivity contribution is -0.152. The molecule has 0 aliphatic heterocycles. The SMILES string of the molecule is CCCCCCCCCCCCCCCCCCCCC(=O)OC[C@@H](O)COC(=O)CCC[C@@H](O)[C@H](O)/C=C/C=C/C=C\C=C\[C@H](O)CCCCC. The summed E-state index contributed by atoms with van der Waals surface area (Å²) in [6.07, 6.45) is 38.3. The van der Waals surface area contributed by atoms with E-state index < -0.39 is 30.4 Å². The van der Waals surface area contributed by atoms with E-state index in [-0.39, 0.29) is 32.0 Å². The summed E-state index contributed by atoms with van der Waals surface area (Å²) in [6.45, 7) is 3.91. The van der Waals surface area contributed by atoms with Gasteiger partial charge in [-0.1, -0.05) is 191 Å². The van der Waals surface area contributed by atoms with Crippen molar-refractivity contribution in [3.63, 3.8) is 0 Å². The topological polar surface area (TPSA) is 134 Å². The molecular formula is C44H78O8. The molecule has 4 atom stereocenters. The number of esters is 2. The fourth-order valence-electron chi connectivity index (χ4n) is 5.82. The maximum Gasteiger partial charge on any atom is 0.305 e. The third-order valence-electron chi connectivity index (χ3n) is 9.18. The van der Waals surface area contributed by atoms with Crippen LogP contribution in [-0.4, -0.2) is 70.0 Å². The zero-order valence-corrected chi connectivity index (χ0v) is 33.1. The number of unbranched alkanes of at least 4 members (excludes halogenated alkanes) is 19. The minimum atomic E-state index is -1.09. The Morgan fingerprint density at radius 1 is 0.462 bits per heavy atom. The van der Waals surface area contributed by atoms with Crippen molar-refractivity contribution < 1.29 is 39.5 Å². The van der Waals surface area contributed by atoms with Crippen LogP contribution in [0.3, 0.4) is 0 Å². The van der Waals surface area contributed by atoms with E-state index in [2.05, 4.69) is 13.8 Å². The molecule has 0 aliphatic rings. The van der Waals surface area contributed by atoms with Crippen LogP contribution in [0.1, 0.15) is 181 Å². The average molecular weight is 735 g/mol. The second kappa shape index (κ2) is 38.5. The zero-order valence-electron chi connectivity index (χ0n) is 33.1. The third kappa shape index (κ3) is 36.1. The van der Waals surface area contributed by atoms with E-state index in [9.17, 15) is 30.0 Å². The first kappa shape index (κ1) is 49.7. The highest BCUT2D eigenvalue weighted by atomic mass is 16.6. The van der Waals surface area contributed by atoms with Gasteiger partial charge in [-0.3, -0.25) is 9.59 Å². The van der Waals surface area contributed by atoms with Crippen molar-refractivity contribution in [1.29, 1.82) is 0 Å². The van der Waals surface area contributed by atoms with Crippen LogP contribution in [0.4, 0.5) is 0 Å². The quantitative estimate of drug-likeness (QED) is 0.0282. The molecule has 0 aromatic heterocycles. The van der Waals surface area contributed by atoms with Gasteiger partial charge in [0.15, 0.2) is 0 Å². The summed E-state index contributed by atoms with van der Waals surface area (Å²) >= 11 is 0. The Morgan fingerprint density at radius 3 is 1.33 bits per heavy atom. The number of allylic oxidation sites excluding steroid dienone is 6. The lowest BCUT2D eigenvalue weighted by atomic mass is 10.0. The molecule has 0 saturated heterocycles. The number of hydrogen-bond donors (Lipinski definition) is 4. The second-order valence-electron chi connectivity index (χ2n) is 14.3. The Kier molecular flexibility index (Phi) is 36.8. The van der Waals surface area contributed by atoms with Gasteiger partial charge < -0.3 is 29.9 Å². The maximum atomic E-state index is 12.0. The van der Waals surface area contributed by atoms with E-state index in [1.807, 2.05) is 6.08 Å². The second-order valence-corrected chi connectivity index (χ2v) is 14.3. The maximum absolute atomic E-state index is 12.0. The molecule has 0 aromatic rings. The van der Waals surface area contributed by atoms with E-state index in [1.165, 1.54) is 102 Å². The van der Waals surface area contributed by atoms with E-state index in [0.717, 1.165) is 44.9 Å². The Bertz CT molecular complexity index is 927. The number of hydrogen-bond acceptors (Lipinski definition) is 8. The van der Waals surface area contributed by atoms with Crippen LogP contribution in [-0.2, 0) is 19.1 Å². The molecule has 0 rings (SSSR count). The first-order valence-corrected chi connectivity index (χ1v) is 21.0. The predicted octanol–water partition coefficient (Wildman–Crippen LogP) is 9.92. The fraction of sp³-hybridized carbons (Fsp3) is 0.773. The van der Waals surface area contributed by atoms with Crippen molar-refractivity contribution in [2.24, 2.45) is 0 Å². The molecule has 0 radical (unpaired) electrons. The summed E-state index contributed by atoms with van der Waals surface area (Å²) in [5, 5.41) is 40.1. The van der Waals surface area contributed by atoms with Crippen LogP contribution >= 0.6 is 0 Å². The summed E-state index contributed by atoms with van der Waals surface area (Å²) in [4.78, 5) is 24.0. The molecule has 8 heteroatoms. The van der Waals surface area contributed by atoms with Gasteiger partial charge >= 0.3 is 11.9 Å². The van der Waals surface area contributed by atoms with E-state index in [0.29, 0.717) is 12.8 Å². The minimum Gasteiger partial charge on any atom is -0.463 e. The number of rotatable bonds is 37. The van der Waals surface area contributed by atoms with Gasteiger partial charge in [-0.05, 0) is 25.7 Å². The molecule has 0 spiro atoms. The standard InChI is InChI=1S/C44H78O8/c1-3-5-7-8-9-10-11-12-13-14-15-16-17-18-19-20-25-29-35-43(49)51-37-40(46)38-52-44(50)36-30-34-42(48)41(47)33-28-24-22-21-23-27-32-39(45)31-26-6-4-2/h21-24,27-28,32-33,39-42,45-48H,3-20,25-26,29-31,34-38H2,1-2H3/b23-21-,24-22+,32-27+,33-28+/t39-,40-,41-,42-/m1/s1. The van der Waals surface area contributed by atoms with Crippen LogP contribution < -0.4 is 0 Å². The molecule has 52 heavy (non-hydrogen) atoms. The highest BCUT2D eigenvalue weighted by molar-refractivity contribution is 5.69. The van der Waals surface area contributed by atoms with Gasteiger partial charge in [-0.2, -0.15) is 0 Å². The summed E-state index contributed by atoms with van der Waals surface area (Å²) in [5.41, 5.74) is 0. The molecule has 0 saturated carbocycles. The molecule has 0 fully saturated rings. The summed E-state index contributed by atoms with van der Waals surface area (Å²) in [5.74, 6) is -0.879. The fourth-order valence-corrected chi connectivity index (χ4v) is 5.82. The highest BCUT2D eigenvalue weighted by Crippen LogP contribution is 2.15. The van der Waals surface area contributed by atoms with Gasteiger partial charge in [-0.25, -0.2) is 0 Å². The highest BCUT2D eigenvalue weighted by Gasteiger charge is 2.15. The molecule has 4 N–H and O–H groups in total. The number of aliphatic hydroxyl groups excluding tert-OH is 4.